The number of ether oxygens (including phenoxy) is 3. The molecule has 2 saturated heterocycles. The van der Waals surface area contributed by atoms with Crippen LogP contribution in [0.25, 0.3) is 0 Å². The molecule has 0 aromatic heterocycles. The van der Waals surface area contributed by atoms with E-state index in [9.17, 15) is 0 Å². The number of benzene rings is 1. The molecule has 2 aliphatic heterocycles. The molecule has 5 nitrogen and oxygen atoms in total. The Labute approximate surface area is 195 Å². The molecule has 3 aliphatic rings. The zero-order chi connectivity index (χ0) is 22.9. The van der Waals surface area contributed by atoms with Crippen molar-refractivity contribution < 1.29 is 14.2 Å². The molecular weight excluding hydrogens is 400 g/mol. The Morgan fingerprint density at radius 3 is 2.22 bits per heavy atom. The summed E-state index contributed by atoms with van der Waals surface area (Å²) in [5.74, 6) is 1.64. The van der Waals surface area contributed by atoms with Crippen molar-refractivity contribution in [3.8, 4) is 5.75 Å². The van der Waals surface area contributed by atoms with Gasteiger partial charge in [-0.15, -0.1) is 0 Å². The van der Waals surface area contributed by atoms with Crippen molar-refractivity contribution in [2.45, 2.75) is 96.7 Å². The van der Waals surface area contributed by atoms with Gasteiger partial charge in [-0.25, -0.2) is 0 Å². The molecule has 0 bridgehead atoms. The van der Waals surface area contributed by atoms with E-state index in [1.165, 1.54) is 5.69 Å². The maximum Gasteiger partial charge on any atom is 0.121 e. The predicted molar refractivity (Wildman–Crippen MR) is 131 cm³/mol. The third-order valence-corrected chi connectivity index (χ3v) is 6.97. The Hall–Kier alpha value is -1.30. The van der Waals surface area contributed by atoms with Gasteiger partial charge in [0.1, 0.15) is 5.75 Å². The van der Waals surface area contributed by atoms with Crippen molar-refractivity contribution >= 4 is 5.69 Å². The van der Waals surface area contributed by atoms with Crippen LogP contribution in [0, 0.1) is 5.92 Å². The monoisotopic (exact) mass is 444 g/mol. The highest BCUT2D eigenvalue weighted by Crippen LogP contribution is 2.33. The third kappa shape index (κ3) is 6.39. The molecule has 0 N–H and O–H groups in total. The van der Waals surface area contributed by atoms with E-state index < -0.39 is 0 Å². The van der Waals surface area contributed by atoms with Gasteiger partial charge in [0.05, 0.1) is 30.5 Å². The van der Waals surface area contributed by atoms with Gasteiger partial charge in [0.15, 0.2) is 0 Å². The Balaban J connectivity index is 1.16. The van der Waals surface area contributed by atoms with Crippen molar-refractivity contribution in [3.05, 3.63) is 24.3 Å². The lowest BCUT2D eigenvalue weighted by molar-refractivity contribution is -0.164. The van der Waals surface area contributed by atoms with Crippen LogP contribution in [-0.4, -0.2) is 67.1 Å². The standard InChI is InChI=1S/C27H44N2O3/c1-26(2,3)29-17-20(18-29)19-30-23-9-7-8-21(14-23)28-12-10-22(11-13-28)31-24-15-25(16-24)32-27(4,5)6/h7-9,14,20,22,24-25H,10-13,15-19H2,1-6H3. The molecule has 4 rings (SSSR count). The number of anilines is 1. The Bertz CT molecular complexity index is 734. The average Bonchev–Trinajstić information content (AvgIpc) is 2.64. The van der Waals surface area contributed by atoms with Crippen molar-refractivity contribution in [2.75, 3.05) is 37.7 Å². The first kappa shape index (κ1) is 23.8. The van der Waals surface area contributed by atoms with E-state index >= 15 is 0 Å². The molecule has 1 aromatic carbocycles. The fraction of sp³-hybridized carbons (Fsp3) is 0.778. The number of likely N-dealkylation sites (tertiary alicyclic amines) is 1. The summed E-state index contributed by atoms with van der Waals surface area (Å²) in [6, 6.07) is 8.63. The molecule has 0 radical (unpaired) electrons. The number of hydrogen-bond donors (Lipinski definition) is 0. The largest absolute Gasteiger partial charge is 0.493 e. The average molecular weight is 445 g/mol. The van der Waals surface area contributed by atoms with E-state index in [0.717, 1.165) is 64.2 Å². The van der Waals surface area contributed by atoms with Crippen LogP contribution in [0.5, 0.6) is 5.75 Å². The molecule has 1 saturated carbocycles. The van der Waals surface area contributed by atoms with Gasteiger partial charge in [0, 0.05) is 49.4 Å². The highest BCUT2D eigenvalue weighted by Gasteiger charge is 2.36. The molecule has 1 aliphatic carbocycles. The van der Waals surface area contributed by atoms with Gasteiger partial charge in [-0.05, 0) is 79.4 Å². The van der Waals surface area contributed by atoms with Gasteiger partial charge in [-0.2, -0.15) is 0 Å². The smallest absolute Gasteiger partial charge is 0.121 e. The minimum Gasteiger partial charge on any atom is -0.493 e. The SMILES string of the molecule is CC(C)(C)OC1CC(OC2CCN(c3cccc(OCC4CN(C(C)(C)C)C4)c3)CC2)C1. The molecule has 2 heterocycles. The molecule has 0 atom stereocenters. The summed E-state index contributed by atoms with van der Waals surface area (Å²) in [5.41, 5.74) is 1.49. The lowest BCUT2D eigenvalue weighted by atomic mass is 9.90. The minimum absolute atomic E-state index is 0.0517. The quantitative estimate of drug-likeness (QED) is 0.583. The normalized spacial score (nSPS) is 26.0. The molecule has 0 amide bonds. The first-order chi connectivity index (χ1) is 15.0. The fourth-order valence-corrected chi connectivity index (χ4v) is 4.95. The van der Waals surface area contributed by atoms with Crippen LogP contribution in [0.2, 0.25) is 0 Å². The molecule has 1 aromatic rings. The van der Waals surface area contributed by atoms with Gasteiger partial charge < -0.3 is 19.1 Å². The Morgan fingerprint density at radius 2 is 1.59 bits per heavy atom. The van der Waals surface area contributed by atoms with E-state index in [0.29, 0.717) is 24.2 Å². The van der Waals surface area contributed by atoms with Crippen molar-refractivity contribution in [2.24, 2.45) is 5.92 Å². The summed E-state index contributed by atoms with van der Waals surface area (Å²) < 4.78 is 18.6. The zero-order valence-corrected chi connectivity index (χ0v) is 21.1. The molecule has 32 heavy (non-hydrogen) atoms. The number of nitrogens with zero attached hydrogens (tertiary/aromatic N) is 2. The van der Waals surface area contributed by atoms with Crippen molar-refractivity contribution in [3.63, 3.8) is 0 Å². The Morgan fingerprint density at radius 1 is 0.906 bits per heavy atom. The fourth-order valence-electron chi connectivity index (χ4n) is 4.95. The van der Waals surface area contributed by atoms with Gasteiger partial charge >= 0.3 is 0 Å². The van der Waals surface area contributed by atoms with Crippen LogP contribution in [0.4, 0.5) is 5.69 Å². The highest BCUT2D eigenvalue weighted by molar-refractivity contribution is 5.51. The molecular formula is C27H44N2O3. The molecule has 180 valence electrons. The predicted octanol–water partition coefficient (Wildman–Crippen LogP) is 5.13. The molecule has 3 fully saturated rings. The topological polar surface area (TPSA) is 34.2 Å². The maximum absolute atomic E-state index is 6.36. The van der Waals surface area contributed by atoms with Gasteiger partial charge in [0.25, 0.3) is 0 Å². The summed E-state index contributed by atoms with van der Waals surface area (Å²) in [4.78, 5) is 4.99. The number of piperidine rings is 1. The van der Waals surface area contributed by atoms with Crippen LogP contribution in [0.1, 0.15) is 67.2 Å². The molecule has 0 unspecified atom stereocenters. The van der Waals surface area contributed by atoms with Crippen LogP contribution in [0.15, 0.2) is 24.3 Å². The number of hydrogen-bond acceptors (Lipinski definition) is 5. The van der Waals surface area contributed by atoms with Gasteiger partial charge in [-0.1, -0.05) is 6.07 Å². The second-order valence-electron chi connectivity index (χ2n) is 12.0. The first-order valence-electron chi connectivity index (χ1n) is 12.6. The van der Waals surface area contributed by atoms with Gasteiger partial charge in [-0.3, -0.25) is 4.90 Å². The van der Waals surface area contributed by atoms with E-state index in [-0.39, 0.29) is 11.1 Å². The highest BCUT2D eigenvalue weighted by atomic mass is 16.5. The maximum atomic E-state index is 6.36. The second-order valence-corrected chi connectivity index (χ2v) is 12.0. The Kier molecular flexibility index (Phi) is 7.09. The summed E-state index contributed by atoms with van der Waals surface area (Å²) in [5, 5.41) is 0. The van der Waals surface area contributed by atoms with Gasteiger partial charge in [0.2, 0.25) is 0 Å². The molecule has 5 heteroatoms. The summed E-state index contributed by atoms with van der Waals surface area (Å²) in [7, 11) is 0. The van der Waals surface area contributed by atoms with Crippen LogP contribution in [-0.2, 0) is 9.47 Å². The van der Waals surface area contributed by atoms with Crippen LogP contribution in [0.3, 0.4) is 0 Å². The van der Waals surface area contributed by atoms with Crippen molar-refractivity contribution in [1.29, 1.82) is 0 Å². The van der Waals surface area contributed by atoms with E-state index in [1.54, 1.807) is 0 Å². The third-order valence-electron chi connectivity index (χ3n) is 6.97. The summed E-state index contributed by atoms with van der Waals surface area (Å²) in [6.07, 6.45) is 5.43. The molecule has 0 spiro atoms. The van der Waals surface area contributed by atoms with Crippen molar-refractivity contribution in [1.82, 2.24) is 4.90 Å². The summed E-state index contributed by atoms with van der Waals surface area (Å²) >= 11 is 0. The lowest BCUT2D eigenvalue weighted by Gasteiger charge is -2.47. The van der Waals surface area contributed by atoms with Crippen LogP contribution >= 0.6 is 0 Å². The van der Waals surface area contributed by atoms with E-state index in [1.807, 2.05) is 0 Å². The second kappa shape index (κ2) is 9.52. The summed E-state index contributed by atoms with van der Waals surface area (Å²) in [6.45, 7) is 18.4. The van der Waals surface area contributed by atoms with Crippen LogP contribution < -0.4 is 9.64 Å². The van der Waals surface area contributed by atoms with E-state index in [2.05, 4.69) is 75.6 Å². The lowest BCUT2D eigenvalue weighted by Crippen LogP contribution is -2.57. The zero-order valence-electron chi connectivity index (χ0n) is 21.1. The minimum atomic E-state index is -0.0517. The van der Waals surface area contributed by atoms with E-state index in [4.69, 9.17) is 14.2 Å². The number of rotatable bonds is 7. The first-order valence-corrected chi connectivity index (χ1v) is 12.6.